The zero-order valence-corrected chi connectivity index (χ0v) is 5.39. The van der Waals surface area contributed by atoms with Crippen molar-refractivity contribution in [2.45, 2.75) is 0 Å². The number of halogens is 1. The molecule has 0 saturated heterocycles. The van der Waals surface area contributed by atoms with Crippen molar-refractivity contribution < 1.29 is 44.6 Å². The Morgan fingerprint density at radius 3 is 1.75 bits per heavy atom. The van der Waals surface area contributed by atoms with Gasteiger partial charge in [-0.2, -0.15) is 0 Å². The van der Waals surface area contributed by atoms with Crippen LogP contribution in [-0.4, -0.2) is 0 Å². The minimum absolute atomic E-state index is 0. The second kappa shape index (κ2) is 8.83. The van der Waals surface area contributed by atoms with Crippen LogP contribution in [0.1, 0.15) is 0 Å². The third-order valence-electron chi connectivity index (χ3n) is 0. The van der Waals surface area contributed by atoms with Crippen molar-refractivity contribution in [3.05, 3.63) is 7.41 Å². The standard InChI is InChI=1S/C2H3.BrH.Yb/c1-2;;/h1H,2H2;1H;. The summed E-state index contributed by atoms with van der Waals surface area (Å²) in [5, 5.41) is 0. The maximum absolute atomic E-state index is 3.30. The molecular formula is C2H4BrYb. The van der Waals surface area contributed by atoms with Crippen molar-refractivity contribution in [2.75, 3.05) is 0 Å². The SMILES string of the molecule is Br.C=[CH][Yb]. The quantitative estimate of drug-likeness (QED) is 0.627. The van der Waals surface area contributed by atoms with Crippen molar-refractivity contribution in [2.24, 2.45) is 0 Å². The van der Waals surface area contributed by atoms with Gasteiger partial charge in [0, 0.05) is 0 Å². The molecule has 0 fully saturated rings. The van der Waals surface area contributed by atoms with Gasteiger partial charge in [0.1, 0.15) is 0 Å². The predicted molar refractivity (Wildman–Crippen MR) is 20.5 cm³/mol. The van der Waals surface area contributed by atoms with Crippen LogP contribution in [0.5, 0.6) is 0 Å². The molecule has 0 aliphatic heterocycles. The molecule has 0 amide bonds. The van der Waals surface area contributed by atoms with Gasteiger partial charge in [-0.25, -0.2) is 0 Å². The Balaban J connectivity index is 0. The third-order valence-corrected chi connectivity index (χ3v) is 0. The minimum atomic E-state index is 0. The third kappa shape index (κ3) is 9.27. The van der Waals surface area contributed by atoms with E-state index in [0.29, 0.717) is 0 Å². The van der Waals surface area contributed by atoms with E-state index in [1.54, 1.807) is 0.834 Å². The topological polar surface area (TPSA) is 0 Å². The molecule has 0 rings (SSSR count). The van der Waals surface area contributed by atoms with Gasteiger partial charge >= 0.3 is 52.1 Å². The molecular weight excluding hydrogens is 277 g/mol. The molecule has 0 heterocycles. The van der Waals surface area contributed by atoms with Gasteiger partial charge in [0.15, 0.2) is 0 Å². The molecule has 0 unspecified atom stereocenters. The Kier molecular flexibility index (Phi) is 20.4. The molecule has 2 heteroatoms. The summed E-state index contributed by atoms with van der Waals surface area (Å²) >= 11 is 2.65. The summed E-state index contributed by atoms with van der Waals surface area (Å²) in [6.07, 6.45) is 0. The second-order valence-corrected chi connectivity index (χ2v) is 0.809. The monoisotopic (exact) mass is 281 g/mol. The Morgan fingerprint density at radius 1 is 1.75 bits per heavy atom. The fraction of sp³-hybridized carbons (Fsp3) is 0. The van der Waals surface area contributed by atoms with E-state index in [-0.39, 0.29) is 17.0 Å². The van der Waals surface area contributed by atoms with E-state index in [1.165, 1.54) is 0 Å². The maximum atomic E-state index is 3.30. The molecule has 0 aromatic carbocycles. The van der Waals surface area contributed by atoms with Gasteiger partial charge in [-0.3, -0.25) is 0 Å². The van der Waals surface area contributed by atoms with E-state index < -0.39 is 0 Å². The van der Waals surface area contributed by atoms with Crippen molar-refractivity contribution in [1.82, 2.24) is 0 Å². The van der Waals surface area contributed by atoms with E-state index in [4.69, 9.17) is 0 Å². The molecule has 0 saturated carbocycles. The van der Waals surface area contributed by atoms with E-state index in [0.717, 1.165) is 0 Å². The molecule has 0 atom stereocenters. The fourth-order valence-electron chi connectivity index (χ4n) is 0. The summed E-state index contributed by atoms with van der Waals surface area (Å²) in [4.78, 5) is 0. The first-order valence-corrected chi connectivity index (χ1v) is 1.55. The van der Waals surface area contributed by atoms with Crippen LogP contribution in [0.3, 0.4) is 0 Å². The summed E-state index contributed by atoms with van der Waals surface area (Å²) in [6, 6.07) is 0. The van der Waals surface area contributed by atoms with E-state index in [1.807, 2.05) is 0 Å². The molecule has 0 aromatic heterocycles. The normalized spacial score (nSPS) is 3.50. The van der Waals surface area contributed by atoms with Crippen LogP contribution < -0.4 is 0 Å². The van der Waals surface area contributed by atoms with Gasteiger partial charge in [0.25, 0.3) is 0 Å². The van der Waals surface area contributed by atoms with Gasteiger partial charge in [-0.15, -0.1) is 17.0 Å². The van der Waals surface area contributed by atoms with Crippen molar-refractivity contribution in [1.29, 1.82) is 0 Å². The second-order valence-electron chi connectivity index (χ2n) is 0.109. The first kappa shape index (κ1) is 9.22. The first-order chi connectivity index (χ1) is 1.41. The van der Waals surface area contributed by atoms with Crippen LogP contribution in [0, 0.1) is 44.6 Å². The Morgan fingerprint density at radius 2 is 1.75 bits per heavy atom. The molecule has 33 valence electrons. The van der Waals surface area contributed by atoms with Crippen LogP contribution in [0.4, 0.5) is 0 Å². The summed E-state index contributed by atoms with van der Waals surface area (Å²) in [5.41, 5.74) is 0. The number of hydrogen-bond donors (Lipinski definition) is 0. The van der Waals surface area contributed by atoms with Gasteiger partial charge in [-0.1, -0.05) is 0 Å². The van der Waals surface area contributed by atoms with Crippen LogP contribution in [-0.2, 0) is 0 Å². The number of hydrogen-bond acceptors (Lipinski definition) is 0. The molecule has 0 aromatic rings. The molecule has 4 heavy (non-hydrogen) atoms. The van der Waals surface area contributed by atoms with Gasteiger partial charge in [0.2, 0.25) is 0 Å². The van der Waals surface area contributed by atoms with E-state index >= 15 is 0 Å². The van der Waals surface area contributed by atoms with Crippen LogP contribution in [0.25, 0.3) is 0 Å². The first-order valence-electron chi connectivity index (χ1n) is 0.563. The Hall–Kier alpha value is 1.74. The molecule has 0 radical (unpaired) electrons. The Labute approximate surface area is 67.6 Å². The molecule has 0 spiro atoms. The molecule has 0 bridgehead atoms. The fourth-order valence-corrected chi connectivity index (χ4v) is 0. The van der Waals surface area contributed by atoms with Crippen molar-refractivity contribution in [3.8, 4) is 0 Å². The van der Waals surface area contributed by atoms with Gasteiger partial charge in [-0.05, 0) is 0 Å². The predicted octanol–water partition coefficient (Wildman–Crippen LogP) is 1.26. The summed E-state index contributed by atoms with van der Waals surface area (Å²) in [6.45, 7) is 3.30. The zero-order valence-electron chi connectivity index (χ0n) is 1.96. The Bertz CT molecular complexity index is 13.5. The summed E-state index contributed by atoms with van der Waals surface area (Å²) < 4.78 is 1.61. The molecule has 0 N–H and O–H groups in total. The van der Waals surface area contributed by atoms with E-state index in [9.17, 15) is 0 Å². The summed E-state index contributed by atoms with van der Waals surface area (Å²) in [5.74, 6) is 0. The average molecular weight is 281 g/mol. The average Bonchev–Trinajstić information content (AvgIpc) is 0.918. The van der Waals surface area contributed by atoms with Crippen LogP contribution >= 0.6 is 17.0 Å². The molecule has 0 aliphatic rings. The van der Waals surface area contributed by atoms with Gasteiger partial charge in [0.05, 0.1) is 0 Å². The van der Waals surface area contributed by atoms with Crippen LogP contribution in [0.2, 0.25) is 0 Å². The summed E-state index contributed by atoms with van der Waals surface area (Å²) in [7, 11) is 0. The van der Waals surface area contributed by atoms with Gasteiger partial charge < -0.3 is 0 Å². The van der Waals surface area contributed by atoms with E-state index in [2.05, 4.69) is 51.2 Å². The molecule has 0 aliphatic carbocycles. The van der Waals surface area contributed by atoms with Crippen LogP contribution in [0.15, 0.2) is 7.41 Å². The molecule has 0 nitrogen and oxygen atoms in total. The van der Waals surface area contributed by atoms with Crippen molar-refractivity contribution >= 4 is 17.0 Å². The zero-order chi connectivity index (χ0) is 2.71. The van der Waals surface area contributed by atoms with Crippen molar-refractivity contribution in [3.63, 3.8) is 0 Å². The number of rotatable bonds is 0.